The Morgan fingerprint density at radius 1 is 1.29 bits per heavy atom. The zero-order chi connectivity index (χ0) is 12.7. The highest BCUT2D eigenvalue weighted by Crippen LogP contribution is 2.30. The van der Waals surface area contributed by atoms with Crippen LogP contribution in [0.25, 0.3) is 0 Å². The van der Waals surface area contributed by atoms with Gasteiger partial charge in [-0.05, 0) is 46.4 Å². The Kier molecular flexibility index (Phi) is 6.60. The molecule has 0 aliphatic rings. The quantitative estimate of drug-likeness (QED) is 0.832. The van der Waals surface area contributed by atoms with Gasteiger partial charge in [-0.1, -0.05) is 38.8 Å². The minimum atomic E-state index is 0.632. The first-order valence-corrected chi connectivity index (χ1v) is 7.12. The lowest BCUT2D eigenvalue weighted by molar-refractivity contribution is 0.237. The number of hydrogen-bond acceptors (Lipinski definition) is 2. The summed E-state index contributed by atoms with van der Waals surface area (Å²) in [4.78, 5) is 0. The second-order valence-corrected chi connectivity index (χ2v) is 5.11. The Labute approximate surface area is 113 Å². The summed E-state index contributed by atoms with van der Waals surface area (Å²) in [7, 11) is 0. The van der Waals surface area contributed by atoms with Crippen molar-refractivity contribution in [3.8, 4) is 5.75 Å². The molecule has 0 saturated carbocycles. The van der Waals surface area contributed by atoms with E-state index in [9.17, 15) is 0 Å². The summed E-state index contributed by atoms with van der Waals surface area (Å²) < 4.78 is 6.98. The highest BCUT2D eigenvalue weighted by molar-refractivity contribution is 9.10. The highest BCUT2D eigenvalue weighted by atomic mass is 79.9. The van der Waals surface area contributed by atoms with Gasteiger partial charge in [0.15, 0.2) is 0 Å². The van der Waals surface area contributed by atoms with Gasteiger partial charge < -0.3 is 10.5 Å². The largest absolute Gasteiger partial charge is 0.492 e. The fourth-order valence-electron chi connectivity index (χ4n) is 1.79. The van der Waals surface area contributed by atoms with Gasteiger partial charge in [-0.2, -0.15) is 0 Å². The van der Waals surface area contributed by atoms with Crippen molar-refractivity contribution in [2.75, 3.05) is 13.2 Å². The monoisotopic (exact) mass is 299 g/mol. The van der Waals surface area contributed by atoms with Gasteiger partial charge in [0.05, 0.1) is 11.1 Å². The molecule has 0 atom stereocenters. The zero-order valence-electron chi connectivity index (χ0n) is 10.7. The fraction of sp³-hybridized carbons (Fsp3) is 0.571. The molecule has 0 fully saturated rings. The van der Waals surface area contributed by atoms with Crippen LogP contribution >= 0.6 is 15.9 Å². The van der Waals surface area contributed by atoms with Crippen molar-refractivity contribution in [2.45, 2.75) is 33.1 Å². The number of nitrogens with two attached hydrogens (primary N) is 1. The predicted molar refractivity (Wildman–Crippen MR) is 76.5 cm³/mol. The van der Waals surface area contributed by atoms with Crippen LogP contribution in [0.1, 0.15) is 32.3 Å². The third-order valence-corrected chi connectivity index (χ3v) is 3.70. The molecule has 0 radical (unpaired) electrons. The smallest absolute Gasteiger partial charge is 0.136 e. The summed E-state index contributed by atoms with van der Waals surface area (Å²) >= 11 is 3.55. The maximum Gasteiger partial charge on any atom is 0.136 e. The Morgan fingerprint density at radius 3 is 2.59 bits per heavy atom. The summed E-state index contributed by atoms with van der Waals surface area (Å²) in [5, 5.41) is 0. The molecular formula is C14H22BrNO. The molecule has 1 aromatic carbocycles. The Bertz CT molecular complexity index is 337. The molecule has 1 rings (SSSR count). The van der Waals surface area contributed by atoms with E-state index in [4.69, 9.17) is 10.5 Å². The van der Waals surface area contributed by atoms with E-state index in [1.54, 1.807) is 0 Å². The van der Waals surface area contributed by atoms with Gasteiger partial charge in [0.2, 0.25) is 0 Å². The van der Waals surface area contributed by atoms with Crippen molar-refractivity contribution >= 4 is 15.9 Å². The minimum absolute atomic E-state index is 0.632. The summed E-state index contributed by atoms with van der Waals surface area (Å²) in [5.74, 6) is 1.60. The third-order valence-electron chi connectivity index (χ3n) is 3.08. The van der Waals surface area contributed by atoms with E-state index in [0.29, 0.717) is 12.5 Å². The molecule has 0 amide bonds. The standard InChI is InChI=1S/C14H22BrNO/c1-3-11(4-2)10-17-14-12(8-9-16)6-5-7-13(14)15/h5-7,11H,3-4,8-10,16H2,1-2H3. The van der Waals surface area contributed by atoms with Crippen LogP contribution in [0, 0.1) is 5.92 Å². The van der Waals surface area contributed by atoms with Crippen molar-refractivity contribution in [3.63, 3.8) is 0 Å². The molecule has 1 aromatic rings. The van der Waals surface area contributed by atoms with Gasteiger partial charge >= 0.3 is 0 Å². The van der Waals surface area contributed by atoms with Crippen LogP contribution in [-0.4, -0.2) is 13.2 Å². The predicted octanol–water partition coefficient (Wildman–Crippen LogP) is 3.77. The molecule has 0 aromatic heterocycles. The van der Waals surface area contributed by atoms with Crippen LogP contribution < -0.4 is 10.5 Å². The normalized spacial score (nSPS) is 10.9. The van der Waals surface area contributed by atoms with Crippen molar-refractivity contribution < 1.29 is 4.74 Å². The lowest BCUT2D eigenvalue weighted by Crippen LogP contribution is -2.12. The number of benzene rings is 1. The van der Waals surface area contributed by atoms with Gasteiger partial charge in [0.25, 0.3) is 0 Å². The van der Waals surface area contributed by atoms with Crippen molar-refractivity contribution in [3.05, 3.63) is 28.2 Å². The SMILES string of the molecule is CCC(CC)COc1c(Br)cccc1CCN. The Morgan fingerprint density at radius 2 is 2.00 bits per heavy atom. The molecule has 0 spiro atoms. The van der Waals surface area contributed by atoms with Crippen molar-refractivity contribution in [1.82, 2.24) is 0 Å². The second-order valence-electron chi connectivity index (χ2n) is 4.26. The van der Waals surface area contributed by atoms with E-state index in [1.165, 1.54) is 5.56 Å². The van der Waals surface area contributed by atoms with E-state index in [0.717, 1.165) is 36.1 Å². The first-order chi connectivity index (χ1) is 8.22. The maximum atomic E-state index is 5.96. The molecule has 0 bridgehead atoms. The van der Waals surface area contributed by atoms with Crippen molar-refractivity contribution in [1.29, 1.82) is 0 Å². The van der Waals surface area contributed by atoms with Gasteiger partial charge in [0.1, 0.15) is 5.75 Å². The average molecular weight is 300 g/mol. The topological polar surface area (TPSA) is 35.2 Å². The Hall–Kier alpha value is -0.540. The van der Waals surface area contributed by atoms with Crippen LogP contribution in [0.2, 0.25) is 0 Å². The Balaban J connectivity index is 2.74. The van der Waals surface area contributed by atoms with Gasteiger partial charge in [-0.25, -0.2) is 0 Å². The lowest BCUT2D eigenvalue weighted by Gasteiger charge is -2.17. The minimum Gasteiger partial charge on any atom is -0.492 e. The second kappa shape index (κ2) is 7.72. The van der Waals surface area contributed by atoms with E-state index in [-0.39, 0.29) is 0 Å². The van der Waals surface area contributed by atoms with Crippen LogP contribution in [0.3, 0.4) is 0 Å². The first kappa shape index (κ1) is 14.5. The molecule has 0 saturated heterocycles. The molecule has 0 heterocycles. The van der Waals surface area contributed by atoms with Crippen molar-refractivity contribution in [2.24, 2.45) is 11.7 Å². The number of rotatable bonds is 7. The molecule has 2 nitrogen and oxygen atoms in total. The highest BCUT2D eigenvalue weighted by Gasteiger charge is 2.10. The van der Waals surface area contributed by atoms with E-state index in [1.807, 2.05) is 12.1 Å². The summed E-state index contributed by atoms with van der Waals surface area (Å²) in [5.41, 5.74) is 6.80. The number of hydrogen-bond donors (Lipinski definition) is 1. The van der Waals surface area contributed by atoms with Gasteiger partial charge in [-0.3, -0.25) is 0 Å². The number of para-hydroxylation sites is 1. The van der Waals surface area contributed by atoms with Crippen LogP contribution in [0.15, 0.2) is 22.7 Å². The molecular weight excluding hydrogens is 278 g/mol. The molecule has 17 heavy (non-hydrogen) atoms. The molecule has 3 heteroatoms. The zero-order valence-corrected chi connectivity index (χ0v) is 12.3. The number of ether oxygens (including phenoxy) is 1. The maximum absolute atomic E-state index is 5.96. The van der Waals surface area contributed by atoms with Crippen LogP contribution in [0.4, 0.5) is 0 Å². The van der Waals surface area contributed by atoms with Gasteiger partial charge in [0, 0.05) is 0 Å². The molecule has 0 unspecified atom stereocenters. The van der Waals surface area contributed by atoms with Crippen LogP contribution in [-0.2, 0) is 6.42 Å². The summed E-state index contributed by atoms with van der Waals surface area (Å²) in [6.45, 7) is 5.85. The summed E-state index contributed by atoms with van der Waals surface area (Å²) in [6.07, 6.45) is 3.18. The fourth-order valence-corrected chi connectivity index (χ4v) is 2.31. The van der Waals surface area contributed by atoms with Crippen LogP contribution in [0.5, 0.6) is 5.75 Å². The average Bonchev–Trinajstić information content (AvgIpc) is 2.33. The molecule has 96 valence electrons. The van der Waals surface area contributed by atoms with E-state index < -0.39 is 0 Å². The van der Waals surface area contributed by atoms with Gasteiger partial charge in [-0.15, -0.1) is 0 Å². The molecule has 0 aliphatic carbocycles. The first-order valence-electron chi connectivity index (χ1n) is 6.33. The summed E-state index contributed by atoms with van der Waals surface area (Å²) in [6, 6.07) is 6.13. The molecule has 2 N–H and O–H groups in total. The third kappa shape index (κ3) is 4.32. The van der Waals surface area contributed by atoms with E-state index in [2.05, 4.69) is 35.8 Å². The van der Waals surface area contributed by atoms with E-state index >= 15 is 0 Å². The number of halogens is 1. The molecule has 0 aliphatic heterocycles. The lowest BCUT2D eigenvalue weighted by atomic mass is 10.1.